The van der Waals surface area contributed by atoms with Crippen LogP contribution in [0.5, 0.6) is 0 Å². The van der Waals surface area contributed by atoms with Crippen molar-refractivity contribution in [3.8, 4) is 0 Å². The van der Waals surface area contributed by atoms with Crippen molar-refractivity contribution in [2.24, 2.45) is 5.92 Å². The van der Waals surface area contributed by atoms with E-state index in [1.807, 2.05) is 0 Å². The molecule has 0 heterocycles. The molecule has 0 unspecified atom stereocenters. The number of hydrogen-bond acceptors (Lipinski definition) is 0. The molecule has 0 aromatic carbocycles. The molecular formula is C6H11I. The van der Waals surface area contributed by atoms with E-state index in [2.05, 4.69) is 29.5 Å². The van der Waals surface area contributed by atoms with Crippen LogP contribution in [0, 0.1) is 5.92 Å². The topological polar surface area (TPSA) is 0 Å². The van der Waals surface area contributed by atoms with Gasteiger partial charge in [-0.1, -0.05) is 35.9 Å². The van der Waals surface area contributed by atoms with Gasteiger partial charge in [0.2, 0.25) is 0 Å². The monoisotopic (exact) mass is 210 g/mol. The molecule has 0 amide bonds. The fraction of sp³-hybridized carbons (Fsp3) is 1.00. The molecule has 0 aromatic heterocycles. The van der Waals surface area contributed by atoms with Crippen molar-refractivity contribution in [2.75, 3.05) is 0 Å². The molecule has 1 heteroatoms. The number of hydrogen-bond donors (Lipinski definition) is 0. The molecule has 0 radical (unpaired) electrons. The highest BCUT2D eigenvalue weighted by atomic mass is 127. The molecule has 1 saturated carbocycles. The van der Waals surface area contributed by atoms with Gasteiger partial charge in [0.05, 0.1) is 0 Å². The quantitative estimate of drug-likeness (QED) is 0.425. The summed E-state index contributed by atoms with van der Waals surface area (Å²) in [6.07, 6.45) is 4.39. The fourth-order valence-corrected chi connectivity index (χ4v) is 1.90. The van der Waals surface area contributed by atoms with E-state index in [0.717, 1.165) is 9.84 Å². The van der Waals surface area contributed by atoms with Crippen molar-refractivity contribution in [2.45, 2.75) is 30.1 Å². The molecule has 1 aliphatic rings. The lowest BCUT2D eigenvalue weighted by molar-refractivity contribution is 0.638. The van der Waals surface area contributed by atoms with Crippen molar-refractivity contribution in [3.05, 3.63) is 0 Å². The van der Waals surface area contributed by atoms with E-state index in [0.29, 0.717) is 0 Å². The summed E-state index contributed by atoms with van der Waals surface area (Å²) in [6, 6.07) is 0. The van der Waals surface area contributed by atoms with Gasteiger partial charge in [-0.15, -0.1) is 0 Å². The Morgan fingerprint density at radius 1 is 1.43 bits per heavy atom. The molecular weight excluding hydrogens is 199 g/mol. The molecule has 42 valence electrons. The maximum atomic E-state index is 2.56. The summed E-state index contributed by atoms with van der Waals surface area (Å²) in [6.45, 7) is 2.35. The Kier molecular flexibility index (Phi) is 1.95. The Balaban J connectivity index is 2.33. The Hall–Kier alpha value is 0.730. The van der Waals surface area contributed by atoms with Crippen LogP contribution >= 0.6 is 22.6 Å². The minimum Gasteiger partial charge on any atom is -0.0823 e. The highest BCUT2D eigenvalue weighted by molar-refractivity contribution is 14.1. The van der Waals surface area contributed by atoms with Gasteiger partial charge in [0.25, 0.3) is 0 Å². The fourth-order valence-electron chi connectivity index (χ4n) is 1.10. The van der Waals surface area contributed by atoms with E-state index in [1.165, 1.54) is 19.3 Å². The first-order valence-electron chi connectivity index (χ1n) is 2.95. The molecule has 0 bridgehead atoms. The summed E-state index contributed by atoms with van der Waals surface area (Å²) in [5.41, 5.74) is 0. The minimum absolute atomic E-state index is 0.984. The summed E-state index contributed by atoms with van der Waals surface area (Å²) in [5.74, 6) is 1.00. The summed E-state index contributed by atoms with van der Waals surface area (Å²) < 4.78 is 0.984. The highest BCUT2D eigenvalue weighted by Crippen LogP contribution is 2.30. The first-order valence-corrected chi connectivity index (χ1v) is 4.19. The summed E-state index contributed by atoms with van der Waals surface area (Å²) in [5, 5.41) is 0. The number of rotatable bonds is 0. The lowest BCUT2D eigenvalue weighted by atomic mass is 10.1. The Bertz CT molecular complexity index is 53.2. The zero-order valence-electron chi connectivity index (χ0n) is 4.65. The summed E-state index contributed by atoms with van der Waals surface area (Å²) in [4.78, 5) is 0. The van der Waals surface area contributed by atoms with Gasteiger partial charge < -0.3 is 0 Å². The van der Waals surface area contributed by atoms with Crippen molar-refractivity contribution >= 4 is 22.6 Å². The Morgan fingerprint density at radius 2 is 2.14 bits per heavy atom. The predicted molar refractivity (Wildman–Crippen MR) is 40.8 cm³/mol. The van der Waals surface area contributed by atoms with Gasteiger partial charge in [0, 0.05) is 3.92 Å². The van der Waals surface area contributed by atoms with Gasteiger partial charge in [-0.3, -0.25) is 0 Å². The van der Waals surface area contributed by atoms with Crippen LogP contribution in [0.3, 0.4) is 0 Å². The predicted octanol–water partition coefficient (Wildman–Crippen LogP) is 2.61. The summed E-state index contributed by atoms with van der Waals surface area (Å²) >= 11 is 2.56. The second kappa shape index (κ2) is 2.33. The first kappa shape index (κ1) is 5.86. The molecule has 1 aliphatic carbocycles. The largest absolute Gasteiger partial charge is 0.0823 e. The smallest absolute Gasteiger partial charge is 0.0135 e. The molecule has 1 rings (SSSR count). The van der Waals surface area contributed by atoms with Crippen LogP contribution < -0.4 is 0 Å². The SMILES string of the molecule is C[C@H]1CCC[C@H]1I. The maximum absolute atomic E-state index is 2.56. The van der Waals surface area contributed by atoms with E-state index >= 15 is 0 Å². The molecule has 0 saturated heterocycles. The standard InChI is InChI=1S/C6H11I/c1-5-3-2-4-6(5)7/h5-6H,2-4H2,1H3/t5-,6+/m0/s1. The van der Waals surface area contributed by atoms with Gasteiger partial charge in [-0.25, -0.2) is 0 Å². The molecule has 0 aromatic rings. The van der Waals surface area contributed by atoms with E-state index < -0.39 is 0 Å². The third kappa shape index (κ3) is 1.31. The zero-order valence-corrected chi connectivity index (χ0v) is 6.81. The third-order valence-corrected chi connectivity index (χ3v) is 3.61. The molecule has 0 aliphatic heterocycles. The van der Waals surface area contributed by atoms with Crippen molar-refractivity contribution in [1.82, 2.24) is 0 Å². The number of alkyl halides is 1. The van der Waals surface area contributed by atoms with E-state index in [4.69, 9.17) is 0 Å². The second-order valence-electron chi connectivity index (χ2n) is 2.42. The molecule has 0 nitrogen and oxygen atoms in total. The summed E-state index contributed by atoms with van der Waals surface area (Å²) in [7, 11) is 0. The van der Waals surface area contributed by atoms with E-state index in [9.17, 15) is 0 Å². The minimum atomic E-state index is 0.984. The van der Waals surface area contributed by atoms with Crippen LogP contribution in [0.25, 0.3) is 0 Å². The van der Waals surface area contributed by atoms with E-state index in [1.54, 1.807) is 0 Å². The van der Waals surface area contributed by atoms with Crippen LogP contribution in [0.2, 0.25) is 0 Å². The van der Waals surface area contributed by atoms with Gasteiger partial charge in [-0.2, -0.15) is 0 Å². The highest BCUT2D eigenvalue weighted by Gasteiger charge is 2.19. The van der Waals surface area contributed by atoms with Gasteiger partial charge in [-0.05, 0) is 18.8 Å². The van der Waals surface area contributed by atoms with Gasteiger partial charge in [0.1, 0.15) is 0 Å². The van der Waals surface area contributed by atoms with Crippen LogP contribution in [0.4, 0.5) is 0 Å². The first-order chi connectivity index (χ1) is 3.30. The molecule has 1 fully saturated rings. The maximum Gasteiger partial charge on any atom is 0.0135 e. The van der Waals surface area contributed by atoms with Crippen molar-refractivity contribution in [1.29, 1.82) is 0 Å². The average Bonchev–Trinajstić information content (AvgIpc) is 1.91. The molecule has 0 spiro atoms. The lowest BCUT2D eigenvalue weighted by Gasteiger charge is -2.03. The Labute approximate surface area is 58.8 Å². The molecule has 2 atom stereocenters. The van der Waals surface area contributed by atoms with Gasteiger partial charge in [0.15, 0.2) is 0 Å². The lowest BCUT2D eigenvalue weighted by Crippen LogP contribution is -1.98. The molecule has 0 N–H and O–H groups in total. The van der Waals surface area contributed by atoms with E-state index in [-0.39, 0.29) is 0 Å². The second-order valence-corrected chi connectivity index (χ2v) is 4.02. The van der Waals surface area contributed by atoms with Crippen molar-refractivity contribution in [3.63, 3.8) is 0 Å². The normalized spacial score (nSPS) is 42.0. The van der Waals surface area contributed by atoms with Crippen LogP contribution in [0.1, 0.15) is 26.2 Å². The van der Waals surface area contributed by atoms with Gasteiger partial charge >= 0.3 is 0 Å². The third-order valence-electron chi connectivity index (χ3n) is 1.76. The molecule has 7 heavy (non-hydrogen) atoms. The zero-order chi connectivity index (χ0) is 5.28. The van der Waals surface area contributed by atoms with Crippen LogP contribution in [-0.4, -0.2) is 3.92 Å². The van der Waals surface area contributed by atoms with Crippen LogP contribution in [-0.2, 0) is 0 Å². The number of halogens is 1. The Morgan fingerprint density at radius 3 is 2.29 bits per heavy atom. The van der Waals surface area contributed by atoms with Crippen molar-refractivity contribution < 1.29 is 0 Å². The average molecular weight is 210 g/mol. The van der Waals surface area contributed by atoms with Crippen LogP contribution in [0.15, 0.2) is 0 Å².